The zero-order valence-corrected chi connectivity index (χ0v) is 13.0. The van der Waals surface area contributed by atoms with Gasteiger partial charge in [0.1, 0.15) is 0 Å². The molecule has 0 saturated carbocycles. The van der Waals surface area contributed by atoms with E-state index < -0.39 is 14.9 Å². The molecule has 0 aromatic heterocycles. The van der Waals surface area contributed by atoms with Crippen LogP contribution >= 0.6 is 11.6 Å². The zero-order valence-electron chi connectivity index (χ0n) is 11.4. The van der Waals surface area contributed by atoms with Gasteiger partial charge in [-0.05, 0) is 23.3 Å². The van der Waals surface area contributed by atoms with Gasteiger partial charge in [-0.1, -0.05) is 35.9 Å². The number of nitrogens with zero attached hydrogens (tertiary/aromatic N) is 1. The maximum atomic E-state index is 12.0. The number of hydrogen-bond donors (Lipinski definition) is 1. The van der Waals surface area contributed by atoms with Gasteiger partial charge in [0.2, 0.25) is 10.0 Å². The van der Waals surface area contributed by atoms with Crippen LogP contribution in [0.25, 0.3) is 0 Å². The van der Waals surface area contributed by atoms with Crippen molar-refractivity contribution in [3.63, 3.8) is 0 Å². The summed E-state index contributed by atoms with van der Waals surface area (Å²) in [6.07, 6.45) is 0. The van der Waals surface area contributed by atoms with Crippen LogP contribution in [0.15, 0.2) is 48.5 Å². The van der Waals surface area contributed by atoms with Gasteiger partial charge in [0, 0.05) is 23.7 Å². The van der Waals surface area contributed by atoms with E-state index in [0.29, 0.717) is 10.6 Å². The third-order valence-corrected chi connectivity index (χ3v) is 4.40. The second-order valence-corrected chi connectivity index (χ2v) is 6.88. The highest BCUT2D eigenvalue weighted by Crippen LogP contribution is 2.15. The predicted molar refractivity (Wildman–Crippen MR) is 84.0 cm³/mol. The lowest BCUT2D eigenvalue weighted by atomic mass is 10.2. The van der Waals surface area contributed by atoms with Crippen LogP contribution in [0.2, 0.25) is 5.02 Å². The molecule has 0 bridgehead atoms. The van der Waals surface area contributed by atoms with E-state index >= 15 is 0 Å². The first-order valence-corrected chi connectivity index (χ1v) is 8.34. The molecule has 116 valence electrons. The normalized spacial score (nSPS) is 11.3. The molecule has 0 heterocycles. The van der Waals surface area contributed by atoms with Crippen molar-refractivity contribution in [1.29, 1.82) is 0 Å². The Bertz CT molecular complexity index is 793. The lowest BCUT2D eigenvalue weighted by molar-refractivity contribution is -0.384. The van der Waals surface area contributed by atoms with Crippen molar-refractivity contribution in [2.24, 2.45) is 0 Å². The summed E-state index contributed by atoms with van der Waals surface area (Å²) in [6.45, 7) is 0.109. The lowest BCUT2D eigenvalue weighted by Crippen LogP contribution is -2.24. The Kier molecular flexibility index (Phi) is 5.12. The molecule has 22 heavy (non-hydrogen) atoms. The first-order valence-electron chi connectivity index (χ1n) is 6.31. The van der Waals surface area contributed by atoms with Crippen molar-refractivity contribution >= 4 is 27.3 Å². The van der Waals surface area contributed by atoms with Crippen LogP contribution in [0.3, 0.4) is 0 Å². The number of nitro benzene ring substituents is 1. The van der Waals surface area contributed by atoms with E-state index in [1.165, 1.54) is 24.3 Å². The SMILES string of the molecule is O=[N+]([O-])c1cccc(CS(=O)(=O)NCc2cccc(Cl)c2)c1. The molecule has 2 aromatic rings. The molecule has 2 aromatic carbocycles. The molecule has 6 nitrogen and oxygen atoms in total. The number of rotatable bonds is 6. The lowest BCUT2D eigenvalue weighted by Gasteiger charge is -2.07. The Morgan fingerprint density at radius 2 is 1.77 bits per heavy atom. The van der Waals surface area contributed by atoms with E-state index in [4.69, 9.17) is 11.6 Å². The second-order valence-electron chi connectivity index (χ2n) is 4.64. The monoisotopic (exact) mass is 340 g/mol. The molecular formula is C14H13ClN2O4S. The van der Waals surface area contributed by atoms with Crippen LogP contribution in [-0.2, 0) is 22.3 Å². The fraction of sp³-hybridized carbons (Fsp3) is 0.143. The average molecular weight is 341 g/mol. The topological polar surface area (TPSA) is 89.3 Å². The van der Waals surface area contributed by atoms with Crippen LogP contribution in [0.1, 0.15) is 11.1 Å². The standard InChI is InChI=1S/C14H13ClN2O4S/c15-13-5-1-3-11(7-13)9-16-22(20,21)10-12-4-2-6-14(8-12)17(18)19/h1-8,16H,9-10H2. The molecule has 0 spiro atoms. The fourth-order valence-electron chi connectivity index (χ4n) is 1.87. The van der Waals surface area contributed by atoms with E-state index in [-0.39, 0.29) is 18.0 Å². The molecule has 0 aliphatic heterocycles. The fourth-order valence-corrected chi connectivity index (χ4v) is 3.19. The number of hydrogen-bond acceptors (Lipinski definition) is 4. The average Bonchev–Trinajstić information content (AvgIpc) is 2.45. The van der Waals surface area contributed by atoms with Gasteiger partial charge < -0.3 is 0 Å². The Labute approximate surface area is 132 Å². The molecule has 0 unspecified atom stereocenters. The minimum Gasteiger partial charge on any atom is -0.258 e. The third kappa shape index (κ3) is 4.80. The van der Waals surface area contributed by atoms with E-state index in [0.717, 1.165) is 5.56 Å². The molecule has 0 fully saturated rings. The van der Waals surface area contributed by atoms with Crippen molar-refractivity contribution in [2.75, 3.05) is 0 Å². The van der Waals surface area contributed by atoms with Crippen LogP contribution in [0, 0.1) is 10.1 Å². The second kappa shape index (κ2) is 6.87. The number of benzene rings is 2. The summed E-state index contributed by atoms with van der Waals surface area (Å²) in [5.74, 6) is -0.324. The summed E-state index contributed by atoms with van der Waals surface area (Å²) in [6, 6.07) is 12.4. The Hall–Kier alpha value is -1.96. The Balaban J connectivity index is 2.05. The van der Waals surface area contributed by atoms with Gasteiger partial charge in [-0.3, -0.25) is 10.1 Å². The van der Waals surface area contributed by atoms with Gasteiger partial charge in [0.15, 0.2) is 0 Å². The van der Waals surface area contributed by atoms with Gasteiger partial charge in [-0.2, -0.15) is 0 Å². The Morgan fingerprint density at radius 1 is 1.09 bits per heavy atom. The first kappa shape index (κ1) is 16.4. The highest BCUT2D eigenvalue weighted by atomic mass is 35.5. The van der Waals surface area contributed by atoms with Crippen molar-refractivity contribution in [2.45, 2.75) is 12.3 Å². The summed E-state index contributed by atoms with van der Waals surface area (Å²) in [5, 5.41) is 11.2. The molecule has 0 saturated heterocycles. The van der Waals surface area contributed by atoms with Gasteiger partial charge >= 0.3 is 0 Å². The van der Waals surface area contributed by atoms with Gasteiger partial charge in [-0.25, -0.2) is 13.1 Å². The molecular weight excluding hydrogens is 328 g/mol. The van der Waals surface area contributed by atoms with Gasteiger partial charge in [0.05, 0.1) is 10.7 Å². The summed E-state index contributed by atoms with van der Waals surface area (Å²) in [7, 11) is -3.60. The zero-order chi connectivity index (χ0) is 16.2. The Morgan fingerprint density at radius 3 is 2.45 bits per heavy atom. The number of halogens is 1. The highest BCUT2D eigenvalue weighted by molar-refractivity contribution is 7.88. The van der Waals surface area contributed by atoms with E-state index in [2.05, 4.69) is 4.72 Å². The molecule has 0 amide bonds. The van der Waals surface area contributed by atoms with Crippen molar-refractivity contribution in [1.82, 2.24) is 4.72 Å². The van der Waals surface area contributed by atoms with Crippen LogP contribution in [0.5, 0.6) is 0 Å². The van der Waals surface area contributed by atoms with E-state index in [1.807, 2.05) is 0 Å². The molecule has 0 radical (unpaired) electrons. The molecule has 8 heteroatoms. The molecule has 0 aliphatic carbocycles. The molecule has 0 aliphatic rings. The molecule has 2 rings (SSSR count). The van der Waals surface area contributed by atoms with Crippen molar-refractivity contribution < 1.29 is 13.3 Å². The number of nitro groups is 1. The first-order chi connectivity index (χ1) is 10.4. The maximum absolute atomic E-state index is 12.0. The summed E-state index contributed by atoms with van der Waals surface area (Å²) in [5.41, 5.74) is 0.949. The summed E-state index contributed by atoms with van der Waals surface area (Å²) < 4.78 is 26.5. The summed E-state index contributed by atoms with van der Waals surface area (Å²) >= 11 is 5.83. The minimum absolute atomic E-state index is 0.109. The van der Waals surface area contributed by atoms with Crippen LogP contribution in [-0.4, -0.2) is 13.3 Å². The van der Waals surface area contributed by atoms with E-state index in [1.54, 1.807) is 24.3 Å². The van der Waals surface area contributed by atoms with E-state index in [9.17, 15) is 18.5 Å². The largest absolute Gasteiger partial charge is 0.269 e. The van der Waals surface area contributed by atoms with Crippen LogP contribution in [0.4, 0.5) is 5.69 Å². The highest BCUT2D eigenvalue weighted by Gasteiger charge is 2.14. The quantitative estimate of drug-likeness (QED) is 0.646. The molecule has 1 N–H and O–H groups in total. The number of non-ortho nitro benzene ring substituents is 1. The summed E-state index contributed by atoms with van der Waals surface area (Å²) in [4.78, 5) is 10.1. The van der Waals surface area contributed by atoms with Gasteiger partial charge in [0.25, 0.3) is 5.69 Å². The van der Waals surface area contributed by atoms with Crippen molar-refractivity contribution in [3.05, 3.63) is 74.8 Å². The molecule has 0 atom stereocenters. The third-order valence-electron chi connectivity index (χ3n) is 2.86. The number of nitrogens with one attached hydrogen (secondary N) is 1. The van der Waals surface area contributed by atoms with Crippen LogP contribution < -0.4 is 4.72 Å². The van der Waals surface area contributed by atoms with Crippen molar-refractivity contribution in [3.8, 4) is 0 Å². The minimum atomic E-state index is -3.60. The maximum Gasteiger partial charge on any atom is 0.269 e. The van der Waals surface area contributed by atoms with Gasteiger partial charge in [-0.15, -0.1) is 0 Å². The number of sulfonamides is 1. The smallest absolute Gasteiger partial charge is 0.258 e. The predicted octanol–water partition coefficient (Wildman–Crippen LogP) is 2.87.